The molecular weight excluding hydrogens is 433 g/mol. The first-order valence-electron chi connectivity index (χ1n) is 9.83. The number of halogens is 3. The highest BCUT2D eigenvalue weighted by Crippen LogP contribution is 2.41. The lowest BCUT2D eigenvalue weighted by Gasteiger charge is -2.23. The van der Waals surface area contributed by atoms with Crippen LogP contribution in [0.25, 0.3) is 0 Å². The molecule has 31 heavy (non-hydrogen) atoms. The van der Waals surface area contributed by atoms with Gasteiger partial charge in [0.2, 0.25) is 5.91 Å². The lowest BCUT2D eigenvalue weighted by Crippen LogP contribution is -2.36. The van der Waals surface area contributed by atoms with Crippen molar-refractivity contribution in [3.63, 3.8) is 0 Å². The number of rotatable bonds is 4. The SMILES string of the molecule is Cc1nc(CN2CCC3(CCN(Cc4cccn4C)C3)C2=O)cs1.O=C(O)C(F)(F)F. The molecule has 11 heteroatoms. The molecular formula is C20H25F3N4O3S. The van der Waals surface area contributed by atoms with Crippen molar-refractivity contribution in [1.82, 2.24) is 19.4 Å². The quantitative estimate of drug-likeness (QED) is 0.762. The number of hydrogen-bond donors (Lipinski definition) is 1. The summed E-state index contributed by atoms with van der Waals surface area (Å²) in [5.74, 6) is -2.42. The third-order valence-electron chi connectivity index (χ3n) is 5.73. The summed E-state index contributed by atoms with van der Waals surface area (Å²) in [6.07, 6.45) is -1.03. The number of thiazole rings is 1. The molecule has 1 spiro atoms. The molecule has 0 aromatic carbocycles. The van der Waals surface area contributed by atoms with Gasteiger partial charge in [0, 0.05) is 44.0 Å². The van der Waals surface area contributed by atoms with Gasteiger partial charge in [0.25, 0.3) is 0 Å². The molecule has 0 radical (unpaired) electrons. The van der Waals surface area contributed by atoms with Crippen molar-refractivity contribution in [2.45, 2.75) is 39.0 Å². The fourth-order valence-corrected chi connectivity index (χ4v) is 4.69. The minimum Gasteiger partial charge on any atom is -0.475 e. The number of amides is 1. The second kappa shape index (κ2) is 8.99. The van der Waals surface area contributed by atoms with E-state index in [1.54, 1.807) is 11.3 Å². The number of hydrogen-bond acceptors (Lipinski definition) is 5. The van der Waals surface area contributed by atoms with Crippen LogP contribution in [0.1, 0.15) is 29.2 Å². The summed E-state index contributed by atoms with van der Waals surface area (Å²) in [6, 6.07) is 4.25. The summed E-state index contributed by atoms with van der Waals surface area (Å²) in [5.41, 5.74) is 2.19. The first-order chi connectivity index (χ1) is 14.5. The average molecular weight is 459 g/mol. The van der Waals surface area contributed by atoms with Gasteiger partial charge in [0.15, 0.2) is 0 Å². The molecule has 0 saturated carbocycles. The van der Waals surface area contributed by atoms with Gasteiger partial charge in [-0.15, -0.1) is 11.3 Å². The van der Waals surface area contributed by atoms with Crippen molar-refractivity contribution in [1.29, 1.82) is 0 Å². The first-order valence-corrected chi connectivity index (χ1v) is 10.7. The highest BCUT2D eigenvalue weighted by molar-refractivity contribution is 7.09. The van der Waals surface area contributed by atoms with Crippen molar-refractivity contribution in [2.24, 2.45) is 12.5 Å². The molecule has 2 aromatic rings. The Labute approximate surface area is 182 Å². The predicted molar refractivity (Wildman–Crippen MR) is 108 cm³/mol. The summed E-state index contributed by atoms with van der Waals surface area (Å²) < 4.78 is 33.9. The van der Waals surface area contributed by atoms with Crippen LogP contribution in [0.15, 0.2) is 23.7 Å². The third-order valence-corrected chi connectivity index (χ3v) is 6.56. The second-order valence-corrected chi connectivity index (χ2v) is 9.05. The summed E-state index contributed by atoms with van der Waals surface area (Å²) in [4.78, 5) is 30.9. The fraction of sp³-hybridized carbons (Fsp3) is 0.550. The molecule has 2 aliphatic heterocycles. The molecule has 1 amide bonds. The number of aryl methyl sites for hydroxylation is 2. The smallest absolute Gasteiger partial charge is 0.475 e. The van der Waals surface area contributed by atoms with Gasteiger partial charge in [-0.25, -0.2) is 9.78 Å². The molecule has 4 rings (SSSR count). The lowest BCUT2D eigenvalue weighted by atomic mass is 9.85. The zero-order valence-corrected chi connectivity index (χ0v) is 18.2. The van der Waals surface area contributed by atoms with Crippen molar-refractivity contribution < 1.29 is 27.9 Å². The van der Waals surface area contributed by atoms with Crippen LogP contribution in [0.2, 0.25) is 0 Å². The first kappa shape index (κ1) is 23.3. The molecule has 1 unspecified atom stereocenters. The van der Waals surface area contributed by atoms with Crippen LogP contribution in [0.5, 0.6) is 0 Å². The number of alkyl halides is 3. The number of carbonyl (C=O) groups excluding carboxylic acids is 1. The Morgan fingerprint density at radius 1 is 1.29 bits per heavy atom. The van der Waals surface area contributed by atoms with Crippen molar-refractivity contribution in [3.8, 4) is 0 Å². The van der Waals surface area contributed by atoms with E-state index in [1.165, 1.54) is 5.69 Å². The van der Waals surface area contributed by atoms with E-state index in [9.17, 15) is 18.0 Å². The van der Waals surface area contributed by atoms with Gasteiger partial charge < -0.3 is 14.6 Å². The van der Waals surface area contributed by atoms with Gasteiger partial charge in [-0.1, -0.05) is 0 Å². The third kappa shape index (κ3) is 5.45. The standard InChI is InChI=1S/C18H24N4OS.C2HF3O2/c1-14-19-15(12-24-14)10-22-9-6-18(17(22)23)5-8-21(13-18)11-16-4-3-7-20(16)2;3-2(4,5)1(6)7/h3-4,7,12H,5-6,8-11,13H2,1-2H3;(H,6,7). The number of nitrogens with zero attached hydrogens (tertiary/aromatic N) is 4. The Hall–Kier alpha value is -2.40. The average Bonchev–Trinajstić information content (AvgIpc) is 3.44. The minimum atomic E-state index is -5.08. The largest absolute Gasteiger partial charge is 0.490 e. The van der Waals surface area contributed by atoms with E-state index in [4.69, 9.17) is 9.90 Å². The Balaban J connectivity index is 0.000000339. The van der Waals surface area contributed by atoms with Gasteiger partial charge in [0.1, 0.15) is 0 Å². The predicted octanol–water partition coefficient (Wildman–Crippen LogP) is 3.05. The number of aliphatic carboxylic acids is 1. The van der Waals surface area contributed by atoms with Crippen LogP contribution in [-0.2, 0) is 29.7 Å². The van der Waals surface area contributed by atoms with Gasteiger partial charge in [-0.05, 0) is 38.4 Å². The molecule has 1 N–H and O–H groups in total. The monoisotopic (exact) mass is 458 g/mol. The maximum atomic E-state index is 13.0. The number of carboxylic acids is 1. The normalized spacial score (nSPS) is 21.6. The molecule has 1 atom stereocenters. The number of carbonyl (C=O) groups is 2. The summed E-state index contributed by atoms with van der Waals surface area (Å²) >= 11 is 1.66. The number of carboxylic acid groups (broad SMARTS) is 1. The van der Waals surface area contributed by atoms with Gasteiger partial charge >= 0.3 is 12.1 Å². The van der Waals surface area contributed by atoms with Crippen molar-refractivity contribution in [3.05, 3.63) is 40.1 Å². The van der Waals surface area contributed by atoms with Crippen molar-refractivity contribution in [2.75, 3.05) is 19.6 Å². The van der Waals surface area contributed by atoms with Gasteiger partial charge in [-0.3, -0.25) is 9.69 Å². The van der Waals surface area contributed by atoms with E-state index in [2.05, 4.69) is 45.2 Å². The van der Waals surface area contributed by atoms with Crippen molar-refractivity contribution >= 4 is 23.2 Å². The molecule has 2 fully saturated rings. The Kier molecular flexibility index (Phi) is 6.75. The maximum Gasteiger partial charge on any atom is 0.490 e. The van der Waals surface area contributed by atoms with E-state index < -0.39 is 12.1 Å². The van der Waals surface area contributed by atoms with Crippen LogP contribution < -0.4 is 0 Å². The minimum absolute atomic E-state index is 0.157. The summed E-state index contributed by atoms with van der Waals surface area (Å²) in [7, 11) is 2.08. The molecule has 2 saturated heterocycles. The summed E-state index contributed by atoms with van der Waals surface area (Å²) in [6.45, 7) is 6.39. The Morgan fingerprint density at radius 2 is 1.97 bits per heavy atom. The van der Waals surface area contributed by atoms with Crippen LogP contribution >= 0.6 is 11.3 Å². The van der Waals surface area contributed by atoms with Crippen LogP contribution in [-0.4, -0.2) is 62.1 Å². The van der Waals surface area contributed by atoms with E-state index >= 15 is 0 Å². The number of aromatic nitrogens is 2. The van der Waals surface area contributed by atoms with E-state index in [0.717, 1.165) is 49.7 Å². The molecule has 170 valence electrons. The summed E-state index contributed by atoms with van der Waals surface area (Å²) in [5, 5.41) is 10.3. The van der Waals surface area contributed by atoms with E-state index in [1.807, 2.05) is 11.8 Å². The Bertz CT molecular complexity index is 942. The zero-order chi connectivity index (χ0) is 22.8. The van der Waals surface area contributed by atoms with E-state index in [-0.39, 0.29) is 5.41 Å². The zero-order valence-electron chi connectivity index (χ0n) is 17.4. The molecule has 0 aliphatic carbocycles. The molecule has 7 nitrogen and oxygen atoms in total. The maximum absolute atomic E-state index is 13.0. The van der Waals surface area contributed by atoms with E-state index in [0.29, 0.717) is 12.5 Å². The fourth-order valence-electron chi connectivity index (χ4n) is 4.08. The van der Waals surface area contributed by atoms with Crippen LogP contribution in [0.4, 0.5) is 13.2 Å². The molecule has 2 aromatic heterocycles. The number of likely N-dealkylation sites (tertiary alicyclic amines) is 2. The Morgan fingerprint density at radius 3 is 2.52 bits per heavy atom. The highest BCUT2D eigenvalue weighted by atomic mass is 32.1. The molecule has 2 aliphatic rings. The second-order valence-electron chi connectivity index (χ2n) is 7.99. The lowest BCUT2D eigenvalue weighted by molar-refractivity contribution is -0.192. The van der Waals surface area contributed by atoms with Crippen LogP contribution in [0.3, 0.4) is 0 Å². The topological polar surface area (TPSA) is 78.7 Å². The van der Waals surface area contributed by atoms with Crippen LogP contribution in [0, 0.1) is 12.3 Å². The highest BCUT2D eigenvalue weighted by Gasteiger charge is 2.50. The van der Waals surface area contributed by atoms with Gasteiger partial charge in [0.05, 0.1) is 22.7 Å². The molecule has 4 heterocycles. The molecule has 0 bridgehead atoms. The van der Waals surface area contributed by atoms with Gasteiger partial charge in [-0.2, -0.15) is 13.2 Å².